The summed E-state index contributed by atoms with van der Waals surface area (Å²) in [4.78, 5) is 0. The summed E-state index contributed by atoms with van der Waals surface area (Å²) in [5.74, 6) is 0. The Morgan fingerprint density at radius 1 is 0.258 bits per heavy atom. The van der Waals surface area contributed by atoms with Crippen molar-refractivity contribution in [3.63, 3.8) is 0 Å². The first-order chi connectivity index (χ1) is 2.45. The third kappa shape index (κ3) is 2210. The molecule has 228 valence electrons. The summed E-state index contributed by atoms with van der Waals surface area (Å²) in [6, 6.07) is 0. The second-order valence-corrected chi connectivity index (χ2v) is 9.55. The first-order valence-electron chi connectivity index (χ1n) is 1.18. The molecule has 24 nitrogen and oxygen atoms in total. The molecule has 0 aromatic carbocycles. The van der Waals surface area contributed by atoms with Crippen LogP contribution in [0.4, 0.5) is 0 Å². The van der Waals surface area contributed by atoms with Crippen LogP contribution in [0.15, 0.2) is 0 Å². The minimum Gasteiger partial charge on any atom is 0 e. The predicted molar refractivity (Wildman–Crippen MR) is 89.7 cm³/mol. The second-order valence-electron chi connectivity index (χ2n) is 1.42. The van der Waals surface area contributed by atoms with Crippen LogP contribution >= 0.6 is 0 Å². The van der Waals surface area contributed by atoms with E-state index in [9.17, 15) is 0 Å². The van der Waals surface area contributed by atoms with Crippen LogP contribution in [0.1, 0.15) is 0 Å². The number of rotatable bonds is 0. The van der Waals surface area contributed by atoms with E-state index in [1.54, 1.807) is 0 Å². The van der Waals surface area contributed by atoms with Crippen molar-refractivity contribution < 1.29 is 246 Å². The van der Waals surface area contributed by atoms with Gasteiger partial charge in [-0.1, -0.05) is 0 Å². The molecule has 0 fully saturated rings. The molecule has 0 atom stereocenters. The van der Waals surface area contributed by atoms with E-state index < -0.39 is 17.9 Å². The molecule has 0 aromatic rings. The van der Waals surface area contributed by atoms with Gasteiger partial charge in [-0.05, 0) is 0 Å². The van der Waals surface area contributed by atoms with Gasteiger partial charge in [-0.3, -0.25) is 0 Å². The summed E-state index contributed by atoms with van der Waals surface area (Å²) in [5, 5.41) is 0. The summed E-state index contributed by atoms with van der Waals surface area (Å²) in [6.45, 7) is 0. The number of hydrogen-bond acceptors (Lipinski definition) is 2. The Morgan fingerprint density at radius 2 is 0.258 bits per heavy atom. The molecule has 0 aliphatic carbocycles. The maximum atomic E-state index is 7.86. The van der Waals surface area contributed by atoms with Crippen LogP contribution in [0, 0.1) is 0 Å². The molecule has 0 bridgehead atoms. The van der Waals surface area contributed by atoms with Gasteiger partial charge in [0.05, 0.1) is 0 Å². The third-order valence-electron chi connectivity index (χ3n) is 0. The van der Waals surface area contributed by atoms with E-state index in [0.29, 0.717) is 0 Å². The van der Waals surface area contributed by atoms with Gasteiger partial charge in [0.25, 0.3) is 0 Å². The largest absolute Gasteiger partial charge is 0 e. The summed E-state index contributed by atoms with van der Waals surface area (Å²) in [6.07, 6.45) is 0. The SMILES string of the molecule is O.O.O.O.O.O.O.O.O.O.O.O.O.O.O.O.O.O.O[Te](O)([OH2+])([OH2+])([OH2+])[OH2+].[W].[W].[W].[W].[W].[W]. The Labute approximate surface area is 260 Å². The van der Waals surface area contributed by atoms with Gasteiger partial charge in [-0.2, -0.15) is 0 Å². The molecule has 46 N–H and O–H groups in total. The van der Waals surface area contributed by atoms with Crippen LogP contribution in [0.2, 0.25) is 0 Å². The predicted octanol–water partition coefficient (Wildman–Crippen LogP) is -19.7. The minimum atomic E-state index is -7.18. The molecule has 0 aliphatic heterocycles. The standard InChI is InChI=1S/H6O6Te.18H2O.6W/c1-7(2,3,4,5)6;;;;;;;;;;;;;;;;;;;;;;;;/h1-6H;18*1H2;;;;;;/p+4. The molecule has 0 heterocycles. The molecule has 0 radical (unpaired) electrons. The molecule has 0 rings (SSSR count). The van der Waals surface area contributed by atoms with Gasteiger partial charge in [0.1, 0.15) is 0 Å². The maximum Gasteiger partial charge on any atom is 0 e. The topological polar surface area (TPSA) is 699 Å². The van der Waals surface area contributed by atoms with E-state index >= 15 is 0 Å². The molecular formula is H46O24TeW6+4. The van der Waals surface area contributed by atoms with Gasteiger partial charge in [-0.25, -0.2) is 0 Å². The van der Waals surface area contributed by atoms with Crippen molar-refractivity contribution in [2.45, 2.75) is 0 Å². The van der Waals surface area contributed by atoms with Gasteiger partial charge in [0, 0.05) is 126 Å². The Kier molecular flexibility index (Phi) is 1350. The molecule has 0 saturated carbocycles. The van der Waals surface area contributed by atoms with Gasteiger partial charge in [0.2, 0.25) is 0 Å². The fourth-order valence-electron chi connectivity index (χ4n) is 0. The average molecular weight is 1660 g/mol. The van der Waals surface area contributed by atoms with Crippen molar-refractivity contribution in [3.8, 4) is 0 Å². The van der Waals surface area contributed by atoms with Gasteiger partial charge in [0.15, 0.2) is 0 Å². The summed E-state index contributed by atoms with van der Waals surface area (Å²) in [7, 11) is 0. The summed E-state index contributed by atoms with van der Waals surface area (Å²) in [5.41, 5.74) is 0. The van der Waals surface area contributed by atoms with E-state index in [1.807, 2.05) is 0 Å². The molecule has 0 amide bonds. The molecular weight excluding hydrogens is 1610 g/mol. The Bertz CT molecular complexity index is 86.6. The summed E-state index contributed by atoms with van der Waals surface area (Å²) >= 11 is -7.18. The minimum absolute atomic E-state index is 0. The molecule has 0 aromatic heterocycles. The van der Waals surface area contributed by atoms with Crippen molar-refractivity contribution in [2.24, 2.45) is 0 Å². The molecule has 0 aliphatic rings. The molecule has 31 heavy (non-hydrogen) atoms. The fourth-order valence-corrected chi connectivity index (χ4v) is 0. The van der Waals surface area contributed by atoms with Gasteiger partial charge < -0.3 is 98.6 Å². The van der Waals surface area contributed by atoms with Crippen LogP contribution in [0.25, 0.3) is 0 Å². The zero-order chi connectivity index (χ0) is 6.41. The smallest absolute Gasteiger partial charge is 0 e. The molecule has 0 spiro atoms. The first kappa shape index (κ1) is 406. The second kappa shape index (κ2) is 103. The van der Waals surface area contributed by atoms with Crippen LogP contribution in [-0.2, 0) is 126 Å². The van der Waals surface area contributed by atoms with Crippen LogP contribution in [-0.4, -0.2) is 137 Å². The zero-order valence-electron chi connectivity index (χ0n) is 14.8. The summed E-state index contributed by atoms with van der Waals surface area (Å²) < 4.78 is 39.5. The van der Waals surface area contributed by atoms with Gasteiger partial charge >= 0.3 is 38.7 Å². The maximum absolute atomic E-state index is 7.86. The van der Waals surface area contributed by atoms with Crippen LogP contribution in [0.5, 0.6) is 0 Å². The van der Waals surface area contributed by atoms with E-state index in [2.05, 4.69) is 0 Å². The van der Waals surface area contributed by atoms with Crippen molar-refractivity contribution in [2.75, 3.05) is 0 Å². The number of hydrogen-bond donors (Lipinski definition) is 2. The Balaban J connectivity index is -0.000000000652. The monoisotopic (exact) mass is 1660 g/mol. The van der Waals surface area contributed by atoms with E-state index in [4.69, 9.17) is 20.8 Å². The average Bonchev–Trinajstić information content (AvgIpc) is 0.592. The van der Waals surface area contributed by atoms with E-state index in [1.165, 1.54) is 0 Å². The van der Waals surface area contributed by atoms with E-state index in [-0.39, 0.29) is 225 Å². The fraction of sp³-hybridized carbons (Fsp3) is 0. The van der Waals surface area contributed by atoms with Crippen molar-refractivity contribution in [1.29, 1.82) is 0 Å². The van der Waals surface area contributed by atoms with Crippen molar-refractivity contribution in [1.82, 2.24) is 0 Å². The third-order valence-corrected chi connectivity index (χ3v) is 0. The normalized spacial score (nSPS) is 5.23. The Morgan fingerprint density at radius 3 is 0.258 bits per heavy atom. The van der Waals surface area contributed by atoms with Gasteiger partial charge in [-0.15, -0.1) is 0 Å². The van der Waals surface area contributed by atoms with Crippen molar-refractivity contribution >= 4 is 17.9 Å². The zero-order valence-corrected chi connectivity index (χ0v) is 34.7. The van der Waals surface area contributed by atoms with Crippen LogP contribution in [0.3, 0.4) is 0 Å². The van der Waals surface area contributed by atoms with Crippen molar-refractivity contribution in [3.05, 3.63) is 0 Å². The van der Waals surface area contributed by atoms with Crippen LogP contribution < -0.4 is 0 Å². The first-order valence-corrected chi connectivity index (χ1v) is 7.93. The molecule has 31 heteroatoms. The molecule has 0 unspecified atom stereocenters. The molecule has 0 saturated heterocycles. The quantitative estimate of drug-likeness (QED) is 0.176. The van der Waals surface area contributed by atoms with E-state index in [0.717, 1.165) is 0 Å². The Hall–Kier alpha value is 3.96.